The molecule has 116 valence electrons. The molecule has 1 unspecified atom stereocenters. The number of fused-ring (bicyclic) bond motifs is 1. The molecule has 0 fully saturated rings. The van der Waals surface area contributed by atoms with Crippen molar-refractivity contribution in [3.8, 4) is 0 Å². The molecular formula is C14H22N4O3. The zero-order chi connectivity index (χ0) is 15.2. The van der Waals surface area contributed by atoms with Crippen molar-refractivity contribution in [1.82, 2.24) is 20.2 Å². The van der Waals surface area contributed by atoms with Crippen molar-refractivity contribution >= 4 is 11.8 Å². The highest BCUT2D eigenvalue weighted by Gasteiger charge is 2.28. The monoisotopic (exact) mass is 294 g/mol. The lowest BCUT2D eigenvalue weighted by molar-refractivity contribution is -0.126. The fourth-order valence-electron chi connectivity index (χ4n) is 2.54. The second-order valence-corrected chi connectivity index (χ2v) is 5.07. The van der Waals surface area contributed by atoms with Gasteiger partial charge in [0.2, 0.25) is 5.91 Å². The molecule has 2 rings (SSSR count). The summed E-state index contributed by atoms with van der Waals surface area (Å²) in [7, 11) is 1.60. The summed E-state index contributed by atoms with van der Waals surface area (Å²) < 4.78 is 6.83. The Balaban J connectivity index is 1.98. The fraction of sp³-hybridized carbons (Fsp3) is 0.643. The molecule has 1 atom stereocenters. The largest absolute Gasteiger partial charge is 0.383 e. The molecule has 0 radical (unpaired) electrons. The molecule has 1 aliphatic heterocycles. The summed E-state index contributed by atoms with van der Waals surface area (Å²) in [6, 6.07) is 0. The predicted molar refractivity (Wildman–Crippen MR) is 76.9 cm³/mol. The predicted octanol–water partition coefficient (Wildman–Crippen LogP) is -0.0422. The average Bonchev–Trinajstić information content (AvgIpc) is 2.90. The van der Waals surface area contributed by atoms with Crippen molar-refractivity contribution in [3.63, 3.8) is 0 Å². The van der Waals surface area contributed by atoms with E-state index in [2.05, 4.69) is 15.6 Å². The van der Waals surface area contributed by atoms with Crippen LogP contribution in [-0.2, 0) is 22.5 Å². The summed E-state index contributed by atoms with van der Waals surface area (Å²) >= 11 is 0. The Bertz CT molecular complexity index is 512. The third-order valence-electron chi connectivity index (χ3n) is 3.62. The van der Waals surface area contributed by atoms with Crippen LogP contribution in [0, 0.1) is 5.92 Å². The molecule has 1 aromatic heterocycles. The van der Waals surface area contributed by atoms with Crippen LogP contribution in [0.3, 0.4) is 0 Å². The van der Waals surface area contributed by atoms with Crippen molar-refractivity contribution in [2.75, 3.05) is 26.8 Å². The molecule has 2 heterocycles. The van der Waals surface area contributed by atoms with Crippen molar-refractivity contribution in [1.29, 1.82) is 0 Å². The maximum Gasteiger partial charge on any atom is 0.271 e. The van der Waals surface area contributed by atoms with Crippen LogP contribution in [0.15, 0.2) is 6.33 Å². The number of carbonyl (C=O) groups is 2. The number of nitrogens with zero attached hydrogens (tertiary/aromatic N) is 2. The molecule has 7 heteroatoms. The first-order valence-corrected chi connectivity index (χ1v) is 7.26. The standard InChI is InChI=1S/C14H22N4O3/c1-3-15-14(20)12-11-5-4-10(8-18(11)9-17-12)13(19)16-6-7-21-2/h9-10H,3-8H2,1-2H3,(H,15,20)(H,16,19). The molecular weight excluding hydrogens is 272 g/mol. The summed E-state index contributed by atoms with van der Waals surface area (Å²) in [5.74, 6) is -0.189. The van der Waals surface area contributed by atoms with Crippen LogP contribution in [-0.4, -0.2) is 48.2 Å². The van der Waals surface area contributed by atoms with Crippen LogP contribution in [0.4, 0.5) is 0 Å². The maximum atomic E-state index is 12.0. The molecule has 7 nitrogen and oxygen atoms in total. The molecule has 0 bridgehead atoms. The van der Waals surface area contributed by atoms with E-state index in [1.165, 1.54) is 0 Å². The van der Waals surface area contributed by atoms with E-state index < -0.39 is 0 Å². The smallest absolute Gasteiger partial charge is 0.271 e. The minimum Gasteiger partial charge on any atom is -0.383 e. The zero-order valence-electron chi connectivity index (χ0n) is 12.5. The first-order chi connectivity index (χ1) is 10.2. The lowest BCUT2D eigenvalue weighted by atomic mass is 9.96. The summed E-state index contributed by atoms with van der Waals surface area (Å²) in [5.41, 5.74) is 1.40. The third kappa shape index (κ3) is 3.60. The van der Waals surface area contributed by atoms with Gasteiger partial charge >= 0.3 is 0 Å². The van der Waals surface area contributed by atoms with E-state index in [9.17, 15) is 9.59 Å². The number of aromatic nitrogens is 2. The van der Waals surface area contributed by atoms with Gasteiger partial charge in [-0.1, -0.05) is 0 Å². The van der Waals surface area contributed by atoms with Crippen LogP contribution in [0.2, 0.25) is 0 Å². The van der Waals surface area contributed by atoms with Gasteiger partial charge in [-0.2, -0.15) is 0 Å². The average molecular weight is 294 g/mol. The number of carbonyl (C=O) groups excluding carboxylic acids is 2. The van der Waals surface area contributed by atoms with Crippen LogP contribution < -0.4 is 10.6 Å². The Morgan fingerprint density at radius 1 is 1.48 bits per heavy atom. The topological polar surface area (TPSA) is 85.2 Å². The number of imidazole rings is 1. The second kappa shape index (κ2) is 7.21. The molecule has 0 aromatic carbocycles. The van der Waals surface area contributed by atoms with Crippen LogP contribution in [0.25, 0.3) is 0 Å². The minimum atomic E-state index is -0.144. The molecule has 0 saturated heterocycles. The number of hydrogen-bond donors (Lipinski definition) is 2. The second-order valence-electron chi connectivity index (χ2n) is 5.07. The molecule has 2 N–H and O–H groups in total. The Kier molecular flexibility index (Phi) is 5.32. The van der Waals surface area contributed by atoms with E-state index >= 15 is 0 Å². The van der Waals surface area contributed by atoms with Crippen molar-refractivity contribution in [2.24, 2.45) is 5.92 Å². The van der Waals surface area contributed by atoms with Gasteiger partial charge in [0.05, 0.1) is 24.5 Å². The Morgan fingerprint density at radius 3 is 3.00 bits per heavy atom. The van der Waals surface area contributed by atoms with Gasteiger partial charge < -0.3 is 19.9 Å². The molecule has 0 saturated carbocycles. The van der Waals surface area contributed by atoms with E-state index in [4.69, 9.17) is 4.74 Å². The number of rotatable bonds is 6. The van der Waals surface area contributed by atoms with Crippen LogP contribution >= 0.6 is 0 Å². The van der Waals surface area contributed by atoms with Gasteiger partial charge in [0, 0.05) is 26.7 Å². The highest BCUT2D eigenvalue weighted by atomic mass is 16.5. The third-order valence-corrected chi connectivity index (χ3v) is 3.62. The van der Waals surface area contributed by atoms with Crippen molar-refractivity contribution in [3.05, 3.63) is 17.7 Å². The quantitative estimate of drug-likeness (QED) is 0.721. The van der Waals surface area contributed by atoms with Crippen molar-refractivity contribution < 1.29 is 14.3 Å². The Labute approximate surface area is 124 Å². The van der Waals surface area contributed by atoms with Gasteiger partial charge in [-0.3, -0.25) is 9.59 Å². The first-order valence-electron chi connectivity index (χ1n) is 7.26. The number of hydrogen-bond acceptors (Lipinski definition) is 4. The van der Waals surface area contributed by atoms with E-state index in [-0.39, 0.29) is 17.7 Å². The number of amides is 2. The number of methoxy groups -OCH3 is 1. The van der Waals surface area contributed by atoms with Gasteiger partial charge in [0.1, 0.15) is 5.69 Å². The summed E-state index contributed by atoms with van der Waals surface area (Å²) in [6.07, 6.45) is 3.07. The lowest BCUT2D eigenvalue weighted by Crippen LogP contribution is -2.37. The Morgan fingerprint density at radius 2 is 2.29 bits per heavy atom. The molecule has 1 aromatic rings. The van der Waals surface area contributed by atoms with E-state index in [0.29, 0.717) is 38.4 Å². The van der Waals surface area contributed by atoms with Gasteiger partial charge in [0.25, 0.3) is 5.91 Å². The fourth-order valence-corrected chi connectivity index (χ4v) is 2.54. The van der Waals surface area contributed by atoms with Gasteiger partial charge in [-0.25, -0.2) is 4.98 Å². The molecule has 21 heavy (non-hydrogen) atoms. The molecule has 1 aliphatic rings. The summed E-state index contributed by atoms with van der Waals surface area (Å²) in [4.78, 5) is 28.1. The SMILES string of the molecule is CCNC(=O)c1ncn2c1CCC(C(=O)NCCOC)C2. The van der Waals surface area contributed by atoms with E-state index in [1.807, 2.05) is 11.5 Å². The highest BCUT2D eigenvalue weighted by Crippen LogP contribution is 2.22. The first kappa shape index (κ1) is 15.5. The lowest BCUT2D eigenvalue weighted by Gasteiger charge is -2.23. The summed E-state index contributed by atoms with van der Waals surface area (Å²) in [5, 5.41) is 5.62. The highest BCUT2D eigenvalue weighted by molar-refractivity contribution is 5.93. The van der Waals surface area contributed by atoms with E-state index in [1.54, 1.807) is 13.4 Å². The molecule has 2 amide bonds. The number of ether oxygens (including phenoxy) is 1. The van der Waals surface area contributed by atoms with Crippen LogP contribution in [0.1, 0.15) is 29.5 Å². The molecule has 0 aliphatic carbocycles. The normalized spacial score (nSPS) is 17.1. The van der Waals surface area contributed by atoms with Gasteiger partial charge in [-0.15, -0.1) is 0 Å². The van der Waals surface area contributed by atoms with Crippen molar-refractivity contribution in [2.45, 2.75) is 26.3 Å². The maximum absolute atomic E-state index is 12.0. The number of nitrogens with one attached hydrogen (secondary N) is 2. The minimum absolute atomic E-state index is 0.0333. The zero-order valence-corrected chi connectivity index (χ0v) is 12.5. The van der Waals surface area contributed by atoms with E-state index in [0.717, 1.165) is 12.1 Å². The Hall–Kier alpha value is -1.89. The van der Waals surface area contributed by atoms with Gasteiger partial charge in [0.15, 0.2) is 0 Å². The summed E-state index contributed by atoms with van der Waals surface area (Å²) in [6.45, 7) is 4.06. The molecule has 0 spiro atoms. The van der Waals surface area contributed by atoms with Crippen LogP contribution in [0.5, 0.6) is 0 Å². The van der Waals surface area contributed by atoms with Gasteiger partial charge in [-0.05, 0) is 19.8 Å².